The Bertz CT molecular complexity index is 627. The van der Waals surface area contributed by atoms with E-state index in [2.05, 4.69) is 11.8 Å². The Morgan fingerprint density at radius 2 is 2.29 bits per heavy atom. The molecule has 116 valence electrons. The molecule has 1 fully saturated rings. The minimum atomic E-state index is -3.05. The minimum Gasteiger partial charge on any atom is -0.395 e. The van der Waals surface area contributed by atoms with E-state index in [4.69, 9.17) is 5.11 Å². The molecule has 1 aliphatic heterocycles. The first-order valence-electron chi connectivity index (χ1n) is 6.70. The second-order valence-electron chi connectivity index (χ2n) is 4.87. The molecule has 0 aliphatic carbocycles. The summed E-state index contributed by atoms with van der Waals surface area (Å²) in [5.41, 5.74) is 0. The Morgan fingerprint density at radius 3 is 3.00 bits per heavy atom. The number of nitrogens with zero attached hydrogens (tertiary/aromatic N) is 1. The quantitative estimate of drug-likeness (QED) is 0.836. The minimum absolute atomic E-state index is 0.0761. The Labute approximate surface area is 134 Å². The van der Waals surface area contributed by atoms with Crippen molar-refractivity contribution in [3.05, 3.63) is 21.9 Å². The first kappa shape index (κ1) is 16.8. The van der Waals surface area contributed by atoms with Gasteiger partial charge in [0.25, 0.3) is 0 Å². The zero-order valence-corrected chi connectivity index (χ0v) is 14.4. The summed E-state index contributed by atoms with van der Waals surface area (Å²) in [7, 11) is -3.05. The Balaban J connectivity index is 2.05. The summed E-state index contributed by atoms with van der Waals surface area (Å²) in [6.45, 7) is 1.53. The molecule has 1 aliphatic rings. The molecule has 2 rings (SSSR count). The number of thioether (sulfide) groups is 1. The lowest BCUT2D eigenvalue weighted by Crippen LogP contribution is -2.46. The Kier molecular flexibility index (Phi) is 6.14. The van der Waals surface area contributed by atoms with Crippen molar-refractivity contribution in [2.45, 2.75) is 18.3 Å². The van der Waals surface area contributed by atoms with Crippen LogP contribution in [-0.2, 0) is 16.4 Å². The van der Waals surface area contributed by atoms with Crippen molar-refractivity contribution in [2.24, 2.45) is 0 Å². The molecule has 4 nitrogen and oxygen atoms in total. The number of rotatable bonds is 4. The summed E-state index contributed by atoms with van der Waals surface area (Å²) in [5, 5.41) is 8.32. The lowest BCUT2D eigenvalue weighted by Gasteiger charge is -2.33. The van der Waals surface area contributed by atoms with Crippen LogP contribution in [0.3, 0.4) is 0 Å². The van der Waals surface area contributed by atoms with Gasteiger partial charge in [0.2, 0.25) is 0 Å². The summed E-state index contributed by atoms with van der Waals surface area (Å²) < 4.78 is 23.7. The molecule has 0 spiro atoms. The molecule has 7 heteroatoms. The number of sulfone groups is 1. The zero-order valence-electron chi connectivity index (χ0n) is 11.9. The van der Waals surface area contributed by atoms with Gasteiger partial charge in [0.1, 0.15) is 5.37 Å². The van der Waals surface area contributed by atoms with E-state index in [9.17, 15) is 8.42 Å². The summed E-state index contributed by atoms with van der Waals surface area (Å²) in [5.74, 6) is 7.53. The zero-order chi connectivity index (χ0) is 15.3. The van der Waals surface area contributed by atoms with E-state index in [1.807, 2.05) is 17.0 Å². The van der Waals surface area contributed by atoms with Crippen LogP contribution in [0.15, 0.2) is 12.1 Å². The highest BCUT2D eigenvalue weighted by molar-refractivity contribution is 8.00. The smallest absolute Gasteiger partial charge is 0.164 e. The standard InChI is InChI=1S/C14H19NO3S3/c1-21(17,18)14-11-19-9-7-15(14)10-13-6-5-12(20-13)4-2-3-8-16/h5-6,14,16H,3,7-11H2,1H3. The van der Waals surface area contributed by atoms with Gasteiger partial charge in [-0.15, -0.1) is 11.3 Å². The van der Waals surface area contributed by atoms with Gasteiger partial charge in [-0.05, 0) is 12.1 Å². The van der Waals surface area contributed by atoms with Crippen molar-refractivity contribution in [3.8, 4) is 11.8 Å². The van der Waals surface area contributed by atoms with Crippen molar-refractivity contribution in [2.75, 3.05) is 30.9 Å². The van der Waals surface area contributed by atoms with Gasteiger partial charge in [-0.25, -0.2) is 8.42 Å². The van der Waals surface area contributed by atoms with Crippen molar-refractivity contribution >= 4 is 32.9 Å². The summed E-state index contributed by atoms with van der Waals surface area (Å²) >= 11 is 3.29. The van der Waals surface area contributed by atoms with Gasteiger partial charge in [-0.2, -0.15) is 11.8 Å². The van der Waals surface area contributed by atoms with Crippen LogP contribution in [0.25, 0.3) is 0 Å². The maximum Gasteiger partial charge on any atom is 0.164 e. The fraction of sp³-hybridized carbons (Fsp3) is 0.571. The van der Waals surface area contributed by atoms with Crippen LogP contribution in [0.2, 0.25) is 0 Å². The number of aliphatic hydroxyl groups excluding tert-OH is 1. The molecule has 0 aromatic carbocycles. The second kappa shape index (κ2) is 7.65. The van der Waals surface area contributed by atoms with Crippen LogP contribution in [0.5, 0.6) is 0 Å². The predicted molar refractivity (Wildman–Crippen MR) is 89.3 cm³/mol. The third-order valence-corrected chi connectivity index (χ3v) is 6.83. The van der Waals surface area contributed by atoms with E-state index in [-0.39, 0.29) is 12.0 Å². The van der Waals surface area contributed by atoms with Crippen LogP contribution in [-0.4, -0.2) is 54.7 Å². The predicted octanol–water partition coefficient (Wildman–Crippen LogP) is 1.40. The molecule has 1 N–H and O–H groups in total. The Morgan fingerprint density at radius 1 is 1.48 bits per heavy atom. The molecule has 0 amide bonds. The third kappa shape index (κ3) is 5.01. The van der Waals surface area contributed by atoms with Crippen molar-refractivity contribution in [1.29, 1.82) is 0 Å². The van der Waals surface area contributed by atoms with Crippen molar-refractivity contribution < 1.29 is 13.5 Å². The molecule has 0 radical (unpaired) electrons. The fourth-order valence-electron chi connectivity index (χ4n) is 2.13. The number of hydrogen-bond acceptors (Lipinski definition) is 6. The Hall–Kier alpha value is -0.520. The van der Waals surface area contributed by atoms with Gasteiger partial charge in [0.15, 0.2) is 9.84 Å². The van der Waals surface area contributed by atoms with Gasteiger partial charge in [0.05, 0.1) is 11.5 Å². The van der Waals surface area contributed by atoms with Crippen molar-refractivity contribution in [1.82, 2.24) is 4.90 Å². The molecule has 1 unspecified atom stereocenters. The number of hydrogen-bond donors (Lipinski definition) is 1. The number of aliphatic hydroxyl groups is 1. The summed E-state index contributed by atoms with van der Waals surface area (Å²) in [6, 6.07) is 3.97. The van der Waals surface area contributed by atoms with E-state index in [0.29, 0.717) is 18.7 Å². The molecule has 1 atom stereocenters. The topological polar surface area (TPSA) is 57.6 Å². The molecule has 1 aromatic heterocycles. The second-order valence-corrected chi connectivity index (χ2v) is 9.39. The SMILES string of the molecule is CS(=O)(=O)C1CSCCN1Cc1ccc(C#CCCO)s1. The first-order valence-corrected chi connectivity index (χ1v) is 10.6. The lowest BCUT2D eigenvalue weighted by molar-refractivity contribution is 0.264. The van der Waals surface area contributed by atoms with Gasteiger partial charge in [-0.3, -0.25) is 4.90 Å². The van der Waals surface area contributed by atoms with E-state index >= 15 is 0 Å². The normalized spacial score (nSPS) is 20.0. The maximum absolute atomic E-state index is 11.9. The molecule has 0 saturated carbocycles. The van der Waals surface area contributed by atoms with Gasteiger partial charge < -0.3 is 5.11 Å². The molecule has 1 saturated heterocycles. The average Bonchev–Trinajstić information content (AvgIpc) is 2.86. The van der Waals surface area contributed by atoms with Crippen LogP contribution >= 0.6 is 23.1 Å². The highest BCUT2D eigenvalue weighted by atomic mass is 32.2. The van der Waals surface area contributed by atoms with Crippen molar-refractivity contribution in [3.63, 3.8) is 0 Å². The van der Waals surface area contributed by atoms with Gasteiger partial charge >= 0.3 is 0 Å². The van der Waals surface area contributed by atoms with Crippen LogP contribution < -0.4 is 0 Å². The van der Waals surface area contributed by atoms with E-state index in [1.165, 1.54) is 6.26 Å². The molecular weight excluding hydrogens is 326 g/mol. The van der Waals surface area contributed by atoms with E-state index in [0.717, 1.165) is 22.1 Å². The monoisotopic (exact) mass is 345 g/mol. The largest absolute Gasteiger partial charge is 0.395 e. The molecule has 0 bridgehead atoms. The summed E-state index contributed by atoms with van der Waals surface area (Å²) in [6.07, 6.45) is 1.80. The van der Waals surface area contributed by atoms with E-state index in [1.54, 1.807) is 23.1 Å². The maximum atomic E-state index is 11.9. The third-order valence-electron chi connectivity index (χ3n) is 3.15. The highest BCUT2D eigenvalue weighted by Crippen LogP contribution is 2.25. The fourth-order valence-corrected chi connectivity index (χ4v) is 5.98. The van der Waals surface area contributed by atoms with Gasteiger partial charge in [0, 0.05) is 42.1 Å². The molecule has 2 heterocycles. The number of thiophene rings is 1. The molecule has 1 aromatic rings. The summed E-state index contributed by atoms with van der Waals surface area (Å²) in [4.78, 5) is 4.13. The molecular formula is C14H19NO3S3. The average molecular weight is 346 g/mol. The van der Waals surface area contributed by atoms with Crippen LogP contribution in [0, 0.1) is 11.8 Å². The molecule has 21 heavy (non-hydrogen) atoms. The highest BCUT2D eigenvalue weighted by Gasteiger charge is 2.30. The first-order chi connectivity index (χ1) is 10.0. The lowest BCUT2D eigenvalue weighted by atomic mass is 10.3. The van der Waals surface area contributed by atoms with Crippen LogP contribution in [0.1, 0.15) is 16.2 Å². The van der Waals surface area contributed by atoms with Gasteiger partial charge in [-0.1, -0.05) is 11.8 Å². The van der Waals surface area contributed by atoms with E-state index < -0.39 is 9.84 Å². The van der Waals surface area contributed by atoms with Crippen LogP contribution in [0.4, 0.5) is 0 Å².